The smallest absolute Gasteiger partial charge is 0.0211 e. The summed E-state index contributed by atoms with van der Waals surface area (Å²) in [5, 5.41) is 0. The molecule has 150 valence electrons. The van der Waals surface area contributed by atoms with Gasteiger partial charge in [0.1, 0.15) is 0 Å². The molecular formula is C26H32I2. The minimum Gasteiger partial charge on any atom is -0.0826 e. The van der Waals surface area contributed by atoms with Gasteiger partial charge in [0.25, 0.3) is 0 Å². The van der Waals surface area contributed by atoms with Crippen molar-refractivity contribution in [1.29, 1.82) is 0 Å². The lowest BCUT2D eigenvalue weighted by Crippen LogP contribution is -2.12. The summed E-state index contributed by atoms with van der Waals surface area (Å²) in [6.07, 6.45) is 12.4. The monoisotopic (exact) mass is 598 g/mol. The largest absolute Gasteiger partial charge is 0.0826 e. The van der Waals surface area contributed by atoms with Crippen LogP contribution in [0.2, 0.25) is 0 Å². The van der Waals surface area contributed by atoms with Crippen molar-refractivity contribution in [3.8, 4) is 11.1 Å². The molecule has 4 rings (SSSR count). The van der Waals surface area contributed by atoms with Crippen LogP contribution >= 0.6 is 45.2 Å². The summed E-state index contributed by atoms with van der Waals surface area (Å²) in [5.74, 6) is 2.53. The molecule has 2 aromatic rings. The number of benzene rings is 2. The third kappa shape index (κ3) is 4.96. The number of alkyl halides is 1. The molecule has 0 atom stereocenters. The van der Waals surface area contributed by atoms with Crippen LogP contribution in [-0.4, -0.2) is 3.92 Å². The highest BCUT2D eigenvalue weighted by molar-refractivity contribution is 14.1. The predicted molar refractivity (Wildman–Crippen MR) is 139 cm³/mol. The molecule has 28 heavy (non-hydrogen) atoms. The van der Waals surface area contributed by atoms with E-state index < -0.39 is 0 Å². The Balaban J connectivity index is 1.45. The van der Waals surface area contributed by atoms with Gasteiger partial charge in [-0.15, -0.1) is 0 Å². The van der Waals surface area contributed by atoms with Crippen LogP contribution in [-0.2, 0) is 0 Å². The highest BCUT2D eigenvalue weighted by atomic mass is 127. The SMILES string of the molecule is CCC1CCC(c2ccc(-c3ccc(C4CCC(I)CC4)cc3I)cc2)CC1. The van der Waals surface area contributed by atoms with Crippen LogP contribution in [0.5, 0.6) is 0 Å². The fourth-order valence-electron chi connectivity index (χ4n) is 5.24. The summed E-state index contributed by atoms with van der Waals surface area (Å²) in [5.41, 5.74) is 5.88. The summed E-state index contributed by atoms with van der Waals surface area (Å²) in [7, 11) is 0. The van der Waals surface area contributed by atoms with Crippen molar-refractivity contribution in [3.05, 3.63) is 57.2 Å². The third-order valence-electron chi connectivity index (χ3n) is 7.24. The first-order valence-electron chi connectivity index (χ1n) is 11.2. The predicted octanol–water partition coefficient (Wildman–Crippen LogP) is 9.10. The van der Waals surface area contributed by atoms with E-state index in [1.807, 2.05) is 0 Å². The molecule has 0 heterocycles. The molecular weight excluding hydrogens is 566 g/mol. The highest BCUT2D eigenvalue weighted by Gasteiger charge is 2.22. The fourth-order valence-corrected chi connectivity index (χ4v) is 6.81. The normalized spacial score (nSPS) is 28.2. The molecule has 0 radical (unpaired) electrons. The molecule has 0 amide bonds. The van der Waals surface area contributed by atoms with Gasteiger partial charge in [0, 0.05) is 7.49 Å². The molecule has 2 heteroatoms. The van der Waals surface area contributed by atoms with Gasteiger partial charge in [0.2, 0.25) is 0 Å². The molecule has 2 saturated carbocycles. The van der Waals surface area contributed by atoms with E-state index in [1.54, 1.807) is 11.1 Å². The molecule has 2 aromatic carbocycles. The van der Waals surface area contributed by atoms with Gasteiger partial charge >= 0.3 is 0 Å². The second-order valence-electron chi connectivity index (χ2n) is 8.94. The van der Waals surface area contributed by atoms with Crippen LogP contribution < -0.4 is 0 Å². The minimum absolute atomic E-state index is 0.772. The Morgan fingerprint density at radius 3 is 1.93 bits per heavy atom. The second-order valence-corrected chi connectivity index (χ2v) is 11.9. The lowest BCUT2D eigenvalue weighted by Gasteiger charge is -2.28. The topological polar surface area (TPSA) is 0 Å². The molecule has 0 aliphatic heterocycles. The Hall–Kier alpha value is -0.100. The van der Waals surface area contributed by atoms with Crippen LogP contribution in [0.3, 0.4) is 0 Å². The van der Waals surface area contributed by atoms with Crippen molar-refractivity contribution >= 4 is 45.2 Å². The van der Waals surface area contributed by atoms with Crippen molar-refractivity contribution in [1.82, 2.24) is 0 Å². The third-order valence-corrected chi connectivity index (χ3v) is 9.38. The van der Waals surface area contributed by atoms with E-state index in [0.29, 0.717) is 0 Å². The van der Waals surface area contributed by atoms with Gasteiger partial charge in [-0.05, 0) is 120 Å². The van der Waals surface area contributed by atoms with Gasteiger partial charge in [0.15, 0.2) is 0 Å². The van der Waals surface area contributed by atoms with Crippen molar-refractivity contribution in [2.45, 2.75) is 80.5 Å². The van der Waals surface area contributed by atoms with E-state index in [4.69, 9.17) is 0 Å². The molecule has 0 aromatic heterocycles. The van der Waals surface area contributed by atoms with Gasteiger partial charge in [-0.1, -0.05) is 72.3 Å². The average Bonchev–Trinajstić information content (AvgIpc) is 2.74. The van der Waals surface area contributed by atoms with E-state index in [2.05, 4.69) is 94.6 Å². The van der Waals surface area contributed by atoms with Gasteiger partial charge < -0.3 is 0 Å². The Labute approximate surface area is 198 Å². The van der Waals surface area contributed by atoms with Crippen LogP contribution in [0.15, 0.2) is 42.5 Å². The van der Waals surface area contributed by atoms with Crippen LogP contribution in [0, 0.1) is 9.49 Å². The van der Waals surface area contributed by atoms with Crippen LogP contribution in [0.1, 0.15) is 87.7 Å². The first kappa shape index (κ1) is 21.1. The van der Waals surface area contributed by atoms with E-state index in [-0.39, 0.29) is 0 Å². The summed E-state index contributed by atoms with van der Waals surface area (Å²) >= 11 is 5.17. The van der Waals surface area contributed by atoms with E-state index in [0.717, 1.165) is 21.7 Å². The average molecular weight is 598 g/mol. The Kier molecular flexibility index (Phi) is 7.40. The van der Waals surface area contributed by atoms with E-state index in [1.165, 1.54) is 72.5 Å². The number of halogens is 2. The maximum atomic E-state index is 2.63. The summed E-state index contributed by atoms with van der Waals surface area (Å²) < 4.78 is 2.30. The molecule has 0 nitrogen and oxygen atoms in total. The molecule has 2 fully saturated rings. The lowest BCUT2D eigenvalue weighted by atomic mass is 9.77. The van der Waals surface area contributed by atoms with Crippen molar-refractivity contribution in [2.24, 2.45) is 5.92 Å². The van der Waals surface area contributed by atoms with E-state index >= 15 is 0 Å². The first-order chi connectivity index (χ1) is 13.6. The maximum absolute atomic E-state index is 2.63. The summed E-state index contributed by atoms with van der Waals surface area (Å²) in [6.45, 7) is 2.35. The summed E-state index contributed by atoms with van der Waals surface area (Å²) in [6, 6.07) is 16.7. The zero-order chi connectivity index (χ0) is 19.5. The molecule has 2 aliphatic carbocycles. The molecule has 0 bridgehead atoms. The molecule has 0 spiro atoms. The first-order valence-corrected chi connectivity index (χ1v) is 13.5. The molecule has 0 unspecified atom stereocenters. The fraction of sp³-hybridized carbons (Fsp3) is 0.538. The van der Waals surface area contributed by atoms with Gasteiger partial charge in [0.05, 0.1) is 0 Å². The van der Waals surface area contributed by atoms with Gasteiger partial charge in [-0.3, -0.25) is 0 Å². The standard InChI is InChI=1S/C26H32I2/c1-2-18-3-5-19(6-4-18)20-7-9-22(10-8-20)25-16-13-23(17-26(25)28)21-11-14-24(27)15-12-21/h7-10,13,16-19,21,24H,2-6,11-12,14-15H2,1H3. The number of rotatable bonds is 4. The zero-order valence-corrected chi connectivity index (χ0v) is 21.3. The van der Waals surface area contributed by atoms with Crippen LogP contribution in [0.4, 0.5) is 0 Å². The minimum atomic E-state index is 0.772. The lowest BCUT2D eigenvalue weighted by molar-refractivity contribution is 0.319. The molecule has 2 aliphatic rings. The highest BCUT2D eigenvalue weighted by Crippen LogP contribution is 2.39. The van der Waals surface area contributed by atoms with Crippen molar-refractivity contribution in [2.75, 3.05) is 0 Å². The van der Waals surface area contributed by atoms with Crippen LogP contribution in [0.25, 0.3) is 11.1 Å². The second kappa shape index (κ2) is 9.80. The number of hydrogen-bond donors (Lipinski definition) is 0. The molecule has 0 N–H and O–H groups in total. The summed E-state index contributed by atoms with van der Waals surface area (Å²) in [4.78, 5) is 0. The maximum Gasteiger partial charge on any atom is 0.0211 e. The van der Waals surface area contributed by atoms with Gasteiger partial charge in [-0.2, -0.15) is 0 Å². The Bertz CT molecular complexity index is 764. The number of hydrogen-bond acceptors (Lipinski definition) is 0. The Morgan fingerprint density at radius 1 is 0.750 bits per heavy atom. The van der Waals surface area contributed by atoms with E-state index in [9.17, 15) is 0 Å². The Morgan fingerprint density at radius 2 is 1.32 bits per heavy atom. The quantitative estimate of drug-likeness (QED) is 0.243. The zero-order valence-electron chi connectivity index (χ0n) is 17.0. The van der Waals surface area contributed by atoms with Crippen molar-refractivity contribution in [3.63, 3.8) is 0 Å². The molecule has 0 saturated heterocycles. The van der Waals surface area contributed by atoms with Gasteiger partial charge in [-0.25, -0.2) is 0 Å². The van der Waals surface area contributed by atoms with Crippen molar-refractivity contribution < 1.29 is 0 Å².